The Morgan fingerprint density at radius 2 is 2.10 bits per heavy atom. The fourth-order valence-electron chi connectivity index (χ4n) is 2.61. The average molecular weight is 274 g/mol. The number of rotatable bonds is 3. The Kier molecular flexibility index (Phi) is 4.20. The second kappa shape index (κ2) is 5.88. The maximum Gasteiger partial charge on any atom is 0.270 e. The van der Waals surface area contributed by atoms with Gasteiger partial charge < -0.3 is 9.80 Å². The summed E-state index contributed by atoms with van der Waals surface area (Å²) < 4.78 is 0. The molecule has 1 aliphatic heterocycles. The molecule has 0 aromatic heterocycles. The first-order valence-electron chi connectivity index (χ1n) is 6.63. The molecule has 1 aromatic carbocycles. The number of non-ortho nitro benzene ring substituents is 1. The van der Waals surface area contributed by atoms with Crippen molar-refractivity contribution in [2.75, 3.05) is 32.1 Å². The molecule has 1 aromatic rings. The molecule has 20 heavy (non-hydrogen) atoms. The van der Waals surface area contributed by atoms with Crippen molar-refractivity contribution >= 4 is 11.4 Å². The van der Waals surface area contributed by atoms with Crippen molar-refractivity contribution in [3.63, 3.8) is 0 Å². The molecule has 0 amide bonds. The van der Waals surface area contributed by atoms with Crippen molar-refractivity contribution < 1.29 is 4.92 Å². The molecule has 1 aliphatic rings. The second-order valence-corrected chi connectivity index (χ2v) is 5.22. The molecular weight excluding hydrogens is 256 g/mol. The third-order valence-electron chi connectivity index (χ3n) is 3.93. The molecule has 0 aliphatic carbocycles. The monoisotopic (exact) mass is 274 g/mol. The third kappa shape index (κ3) is 2.89. The Morgan fingerprint density at radius 1 is 1.45 bits per heavy atom. The van der Waals surface area contributed by atoms with E-state index in [1.807, 2.05) is 7.05 Å². The SMILES string of the molecule is CN1CCC(N(C)c2ccc([N+](=O)[O-])cc2C#N)CC1. The van der Waals surface area contributed by atoms with Gasteiger partial charge in [0.25, 0.3) is 5.69 Å². The number of benzene rings is 1. The Balaban J connectivity index is 2.23. The lowest BCUT2D eigenvalue weighted by Crippen LogP contribution is -2.42. The highest BCUT2D eigenvalue weighted by molar-refractivity contribution is 5.63. The number of nitriles is 1. The van der Waals surface area contributed by atoms with E-state index in [0.29, 0.717) is 11.6 Å². The number of nitro groups is 1. The minimum absolute atomic E-state index is 0.0397. The molecule has 2 rings (SSSR count). The van der Waals surface area contributed by atoms with Crippen LogP contribution in [-0.4, -0.2) is 43.0 Å². The van der Waals surface area contributed by atoms with Crippen LogP contribution < -0.4 is 4.90 Å². The fourth-order valence-corrected chi connectivity index (χ4v) is 2.61. The summed E-state index contributed by atoms with van der Waals surface area (Å²) in [5, 5.41) is 20.0. The van der Waals surface area contributed by atoms with E-state index >= 15 is 0 Å². The van der Waals surface area contributed by atoms with E-state index in [1.54, 1.807) is 6.07 Å². The standard InChI is InChI=1S/C14H18N4O2/c1-16-7-5-12(6-8-16)17(2)14-4-3-13(18(19)20)9-11(14)10-15/h3-4,9,12H,5-8H2,1-2H3. The maximum absolute atomic E-state index is 10.8. The van der Waals surface area contributed by atoms with Crippen LogP contribution in [0.25, 0.3) is 0 Å². The van der Waals surface area contributed by atoms with Crippen LogP contribution in [0.1, 0.15) is 18.4 Å². The van der Waals surface area contributed by atoms with Crippen molar-refractivity contribution in [2.24, 2.45) is 0 Å². The lowest BCUT2D eigenvalue weighted by Gasteiger charge is -2.36. The predicted octanol–water partition coefficient (Wildman–Crippen LogP) is 2.00. The molecule has 0 unspecified atom stereocenters. The first-order chi connectivity index (χ1) is 9.52. The first kappa shape index (κ1) is 14.3. The topological polar surface area (TPSA) is 73.4 Å². The van der Waals surface area contributed by atoms with Gasteiger partial charge in [-0.05, 0) is 39.0 Å². The molecule has 0 bridgehead atoms. The Morgan fingerprint density at radius 3 is 2.65 bits per heavy atom. The van der Waals surface area contributed by atoms with Crippen molar-refractivity contribution in [3.8, 4) is 6.07 Å². The van der Waals surface area contributed by atoms with Crippen LogP contribution in [0.15, 0.2) is 18.2 Å². The molecular formula is C14H18N4O2. The lowest BCUT2D eigenvalue weighted by molar-refractivity contribution is -0.384. The Bertz CT molecular complexity index is 545. The van der Waals surface area contributed by atoms with Crippen molar-refractivity contribution in [2.45, 2.75) is 18.9 Å². The first-order valence-corrected chi connectivity index (χ1v) is 6.63. The number of piperidine rings is 1. The van der Waals surface area contributed by atoms with E-state index in [9.17, 15) is 15.4 Å². The average Bonchev–Trinajstić information content (AvgIpc) is 2.46. The summed E-state index contributed by atoms with van der Waals surface area (Å²) in [6.45, 7) is 2.06. The highest BCUT2D eigenvalue weighted by atomic mass is 16.6. The highest BCUT2D eigenvalue weighted by Crippen LogP contribution is 2.28. The summed E-state index contributed by atoms with van der Waals surface area (Å²) >= 11 is 0. The molecule has 0 atom stereocenters. The number of anilines is 1. The fraction of sp³-hybridized carbons (Fsp3) is 0.500. The smallest absolute Gasteiger partial charge is 0.270 e. The minimum atomic E-state index is -0.472. The van der Waals surface area contributed by atoms with Gasteiger partial charge in [-0.2, -0.15) is 5.26 Å². The van der Waals surface area contributed by atoms with E-state index in [1.165, 1.54) is 12.1 Å². The molecule has 0 spiro atoms. The molecule has 1 heterocycles. The molecule has 6 nitrogen and oxygen atoms in total. The Labute approximate surface area is 118 Å². The van der Waals surface area contributed by atoms with Gasteiger partial charge in [-0.1, -0.05) is 0 Å². The zero-order valence-electron chi connectivity index (χ0n) is 11.7. The zero-order valence-corrected chi connectivity index (χ0v) is 11.7. The number of nitrogens with zero attached hydrogens (tertiary/aromatic N) is 4. The molecule has 0 radical (unpaired) electrons. The van der Waals surface area contributed by atoms with Gasteiger partial charge in [-0.3, -0.25) is 10.1 Å². The van der Waals surface area contributed by atoms with E-state index in [0.717, 1.165) is 31.6 Å². The zero-order chi connectivity index (χ0) is 14.7. The molecule has 0 saturated carbocycles. The van der Waals surface area contributed by atoms with E-state index < -0.39 is 4.92 Å². The number of hydrogen-bond donors (Lipinski definition) is 0. The normalized spacial score (nSPS) is 16.6. The molecule has 0 N–H and O–H groups in total. The largest absolute Gasteiger partial charge is 0.370 e. The summed E-state index contributed by atoms with van der Waals surface area (Å²) in [5.74, 6) is 0. The van der Waals surface area contributed by atoms with Gasteiger partial charge in [0.15, 0.2) is 0 Å². The van der Waals surface area contributed by atoms with Crippen LogP contribution in [0.2, 0.25) is 0 Å². The van der Waals surface area contributed by atoms with Crippen molar-refractivity contribution in [1.82, 2.24) is 4.90 Å². The van der Waals surface area contributed by atoms with Crippen molar-refractivity contribution in [3.05, 3.63) is 33.9 Å². The molecule has 106 valence electrons. The van der Waals surface area contributed by atoms with Crippen molar-refractivity contribution in [1.29, 1.82) is 5.26 Å². The third-order valence-corrected chi connectivity index (χ3v) is 3.93. The molecule has 6 heteroatoms. The van der Waals surface area contributed by atoms with Crippen LogP contribution in [0.3, 0.4) is 0 Å². The van der Waals surface area contributed by atoms with Crippen LogP contribution in [0, 0.1) is 21.4 Å². The maximum atomic E-state index is 10.8. The van der Waals surface area contributed by atoms with Gasteiger partial charge in [0.05, 0.1) is 16.2 Å². The molecule has 1 saturated heterocycles. The van der Waals surface area contributed by atoms with E-state index in [4.69, 9.17) is 0 Å². The number of nitro benzene ring substituents is 1. The minimum Gasteiger partial charge on any atom is -0.370 e. The summed E-state index contributed by atoms with van der Waals surface area (Å²) in [7, 11) is 4.06. The highest BCUT2D eigenvalue weighted by Gasteiger charge is 2.23. The van der Waals surface area contributed by atoms with Gasteiger partial charge in [0.2, 0.25) is 0 Å². The van der Waals surface area contributed by atoms with E-state index in [-0.39, 0.29) is 5.69 Å². The summed E-state index contributed by atoms with van der Waals surface area (Å²) in [5.41, 5.74) is 1.09. The molecule has 1 fully saturated rings. The number of likely N-dealkylation sites (tertiary alicyclic amines) is 1. The van der Waals surface area contributed by atoms with Crippen LogP contribution in [0.4, 0.5) is 11.4 Å². The van der Waals surface area contributed by atoms with Gasteiger partial charge in [-0.25, -0.2) is 0 Å². The summed E-state index contributed by atoms with van der Waals surface area (Å²) in [4.78, 5) is 14.7. The van der Waals surface area contributed by atoms with Crippen LogP contribution in [0.5, 0.6) is 0 Å². The summed E-state index contributed by atoms with van der Waals surface area (Å²) in [6, 6.07) is 6.92. The quantitative estimate of drug-likeness (QED) is 0.622. The lowest BCUT2D eigenvalue weighted by atomic mass is 10.0. The second-order valence-electron chi connectivity index (χ2n) is 5.22. The predicted molar refractivity (Wildman–Crippen MR) is 76.7 cm³/mol. The van der Waals surface area contributed by atoms with Crippen LogP contribution in [-0.2, 0) is 0 Å². The van der Waals surface area contributed by atoms with Gasteiger partial charge in [-0.15, -0.1) is 0 Å². The van der Waals surface area contributed by atoms with Gasteiger partial charge in [0.1, 0.15) is 6.07 Å². The Hall–Kier alpha value is -2.13. The number of hydrogen-bond acceptors (Lipinski definition) is 5. The van der Waals surface area contributed by atoms with Gasteiger partial charge in [0, 0.05) is 25.2 Å². The summed E-state index contributed by atoms with van der Waals surface area (Å²) in [6.07, 6.45) is 2.07. The van der Waals surface area contributed by atoms with Gasteiger partial charge >= 0.3 is 0 Å². The van der Waals surface area contributed by atoms with Crippen LogP contribution >= 0.6 is 0 Å². The van der Waals surface area contributed by atoms with E-state index in [2.05, 4.69) is 22.9 Å².